The molecule has 1 saturated heterocycles. The third-order valence-corrected chi connectivity index (χ3v) is 4.33. The van der Waals surface area contributed by atoms with E-state index in [4.69, 9.17) is 9.47 Å². The number of nitrogens with zero attached hydrogens (tertiary/aromatic N) is 1. The van der Waals surface area contributed by atoms with Crippen molar-refractivity contribution in [2.24, 2.45) is 0 Å². The summed E-state index contributed by atoms with van der Waals surface area (Å²) in [7, 11) is 0. The van der Waals surface area contributed by atoms with Crippen LogP contribution in [-0.2, 0) is 16.0 Å². The molecule has 0 unspecified atom stereocenters. The number of hydrogen-bond donors (Lipinski definition) is 0. The zero-order valence-electron chi connectivity index (χ0n) is 13.6. The minimum absolute atomic E-state index is 0.0896. The van der Waals surface area contributed by atoms with Gasteiger partial charge in [0.1, 0.15) is 0 Å². The van der Waals surface area contributed by atoms with Gasteiger partial charge in [-0.3, -0.25) is 0 Å². The van der Waals surface area contributed by atoms with Crippen LogP contribution in [0.4, 0.5) is 0 Å². The van der Waals surface area contributed by atoms with Crippen molar-refractivity contribution in [1.29, 1.82) is 0 Å². The molecular weight excluding hydrogens is 298 g/mol. The lowest BCUT2D eigenvalue weighted by Crippen LogP contribution is -2.05. The van der Waals surface area contributed by atoms with Gasteiger partial charge in [0.25, 0.3) is 0 Å². The Bertz CT molecular complexity index is 829. The maximum Gasteiger partial charge on any atom is 0.161 e. The summed E-state index contributed by atoms with van der Waals surface area (Å²) in [5.74, 6) is 0. The Labute approximate surface area is 142 Å². The van der Waals surface area contributed by atoms with Gasteiger partial charge in [0, 0.05) is 29.6 Å². The molecule has 3 heteroatoms. The number of hydrogen-bond acceptors (Lipinski definition) is 2. The predicted octanol–water partition coefficient (Wildman–Crippen LogP) is 4.47. The summed E-state index contributed by atoms with van der Waals surface area (Å²) in [5.41, 5.74) is 3.77. The van der Waals surface area contributed by atoms with E-state index < -0.39 is 0 Å². The molecule has 3 nitrogen and oxygen atoms in total. The largest absolute Gasteiger partial charge is 0.350 e. The molecule has 1 aliphatic rings. The standard InChI is InChI=1S/C21H21NO2/c1-2-7-17(8-3-1)16-22-19(10-6-12-21-23-13-14-24-21)15-18-9-4-5-11-20(18)22/h1-11,15,21H,12-14,16H2. The summed E-state index contributed by atoms with van der Waals surface area (Å²) < 4.78 is 13.3. The average Bonchev–Trinajstić information content (AvgIpc) is 3.25. The molecule has 0 atom stereocenters. The second kappa shape index (κ2) is 7.04. The van der Waals surface area contributed by atoms with E-state index in [1.807, 2.05) is 0 Å². The molecule has 1 aromatic heterocycles. The van der Waals surface area contributed by atoms with Gasteiger partial charge in [-0.2, -0.15) is 0 Å². The molecule has 0 N–H and O–H groups in total. The molecule has 0 amide bonds. The van der Waals surface area contributed by atoms with Crippen LogP contribution in [0.1, 0.15) is 17.7 Å². The number of ether oxygens (including phenoxy) is 2. The predicted molar refractivity (Wildman–Crippen MR) is 96.8 cm³/mol. The number of para-hydroxylation sites is 1. The molecule has 0 radical (unpaired) electrons. The Morgan fingerprint density at radius 2 is 1.71 bits per heavy atom. The highest BCUT2D eigenvalue weighted by molar-refractivity contribution is 5.83. The average molecular weight is 319 g/mol. The van der Waals surface area contributed by atoms with Crippen molar-refractivity contribution in [2.75, 3.05) is 13.2 Å². The highest BCUT2D eigenvalue weighted by atomic mass is 16.7. The van der Waals surface area contributed by atoms with Gasteiger partial charge in [0.2, 0.25) is 0 Å². The molecule has 0 bridgehead atoms. The van der Waals surface area contributed by atoms with Gasteiger partial charge in [-0.25, -0.2) is 0 Å². The topological polar surface area (TPSA) is 23.4 Å². The minimum atomic E-state index is -0.0896. The molecule has 24 heavy (non-hydrogen) atoms. The maximum absolute atomic E-state index is 5.50. The van der Waals surface area contributed by atoms with Crippen LogP contribution in [0.25, 0.3) is 17.0 Å². The minimum Gasteiger partial charge on any atom is -0.350 e. The first kappa shape index (κ1) is 15.2. The van der Waals surface area contributed by atoms with Gasteiger partial charge in [-0.1, -0.05) is 54.6 Å². The molecule has 2 aromatic carbocycles. The summed E-state index contributed by atoms with van der Waals surface area (Å²) in [4.78, 5) is 0. The maximum atomic E-state index is 5.50. The third kappa shape index (κ3) is 3.28. The lowest BCUT2D eigenvalue weighted by Gasteiger charge is -2.09. The highest BCUT2D eigenvalue weighted by Gasteiger charge is 2.13. The molecule has 1 fully saturated rings. The molecule has 0 spiro atoms. The molecular formula is C21H21NO2. The second-order valence-corrected chi connectivity index (χ2v) is 6.01. The Morgan fingerprint density at radius 1 is 0.958 bits per heavy atom. The van der Waals surface area contributed by atoms with Crippen LogP contribution >= 0.6 is 0 Å². The Morgan fingerprint density at radius 3 is 2.54 bits per heavy atom. The van der Waals surface area contributed by atoms with Crippen molar-refractivity contribution in [3.63, 3.8) is 0 Å². The molecule has 122 valence electrons. The lowest BCUT2D eigenvalue weighted by atomic mass is 10.2. The molecule has 3 aromatic rings. The fourth-order valence-electron chi connectivity index (χ4n) is 3.16. The van der Waals surface area contributed by atoms with E-state index in [-0.39, 0.29) is 6.29 Å². The zero-order valence-corrected chi connectivity index (χ0v) is 13.6. The summed E-state index contributed by atoms with van der Waals surface area (Å²) in [6.07, 6.45) is 5.01. The van der Waals surface area contributed by atoms with E-state index in [0.29, 0.717) is 13.2 Å². The van der Waals surface area contributed by atoms with Gasteiger partial charge in [-0.15, -0.1) is 0 Å². The van der Waals surface area contributed by atoms with Crippen LogP contribution in [0.2, 0.25) is 0 Å². The Kier molecular flexibility index (Phi) is 4.45. The van der Waals surface area contributed by atoms with Crippen LogP contribution in [-0.4, -0.2) is 24.1 Å². The smallest absolute Gasteiger partial charge is 0.161 e. The summed E-state index contributed by atoms with van der Waals surface area (Å²) in [5, 5.41) is 1.27. The summed E-state index contributed by atoms with van der Waals surface area (Å²) in [6.45, 7) is 2.27. The van der Waals surface area contributed by atoms with Crippen molar-refractivity contribution >= 4 is 17.0 Å². The molecule has 0 aliphatic carbocycles. The van der Waals surface area contributed by atoms with E-state index in [0.717, 1.165) is 13.0 Å². The van der Waals surface area contributed by atoms with Crippen molar-refractivity contribution < 1.29 is 9.47 Å². The van der Waals surface area contributed by atoms with Crippen LogP contribution in [0, 0.1) is 0 Å². The monoisotopic (exact) mass is 319 g/mol. The number of benzene rings is 2. The third-order valence-electron chi connectivity index (χ3n) is 4.33. The Balaban J connectivity index is 1.63. The molecule has 1 aliphatic heterocycles. The quantitative estimate of drug-likeness (QED) is 0.693. The van der Waals surface area contributed by atoms with Crippen molar-refractivity contribution in [3.8, 4) is 0 Å². The Hall–Kier alpha value is -2.36. The van der Waals surface area contributed by atoms with E-state index in [2.05, 4.69) is 77.4 Å². The normalized spacial score (nSPS) is 15.7. The fraction of sp³-hybridized carbons (Fsp3) is 0.238. The van der Waals surface area contributed by atoms with Gasteiger partial charge in [0.05, 0.1) is 13.2 Å². The summed E-state index contributed by atoms with van der Waals surface area (Å²) >= 11 is 0. The van der Waals surface area contributed by atoms with Gasteiger partial charge >= 0.3 is 0 Å². The first-order valence-electron chi connectivity index (χ1n) is 8.42. The van der Waals surface area contributed by atoms with Crippen molar-refractivity contribution in [2.45, 2.75) is 19.3 Å². The first-order chi connectivity index (χ1) is 11.9. The molecule has 4 rings (SSSR count). The van der Waals surface area contributed by atoms with E-state index >= 15 is 0 Å². The van der Waals surface area contributed by atoms with Crippen LogP contribution in [0.3, 0.4) is 0 Å². The summed E-state index contributed by atoms with van der Waals surface area (Å²) in [6, 6.07) is 21.3. The first-order valence-corrected chi connectivity index (χ1v) is 8.42. The van der Waals surface area contributed by atoms with Crippen LogP contribution in [0.5, 0.6) is 0 Å². The molecule has 0 saturated carbocycles. The SMILES string of the molecule is C(=Cc1cc2ccccc2n1Cc1ccccc1)CC1OCCO1. The highest BCUT2D eigenvalue weighted by Crippen LogP contribution is 2.23. The van der Waals surface area contributed by atoms with Crippen molar-refractivity contribution in [1.82, 2.24) is 4.57 Å². The van der Waals surface area contributed by atoms with E-state index in [9.17, 15) is 0 Å². The van der Waals surface area contributed by atoms with Crippen LogP contribution < -0.4 is 0 Å². The zero-order chi connectivity index (χ0) is 16.2. The number of rotatable bonds is 5. The van der Waals surface area contributed by atoms with Gasteiger partial charge in [0.15, 0.2) is 6.29 Å². The number of aromatic nitrogens is 1. The van der Waals surface area contributed by atoms with Gasteiger partial charge < -0.3 is 14.0 Å². The van der Waals surface area contributed by atoms with Gasteiger partial charge in [-0.05, 0) is 23.8 Å². The lowest BCUT2D eigenvalue weighted by molar-refractivity contribution is -0.0379. The van der Waals surface area contributed by atoms with Crippen molar-refractivity contribution in [3.05, 3.63) is 78.0 Å². The van der Waals surface area contributed by atoms with Crippen LogP contribution in [0.15, 0.2) is 66.7 Å². The molecule has 2 heterocycles. The van der Waals surface area contributed by atoms with E-state index in [1.54, 1.807) is 0 Å². The number of fused-ring (bicyclic) bond motifs is 1. The fourth-order valence-corrected chi connectivity index (χ4v) is 3.16. The van der Waals surface area contributed by atoms with E-state index in [1.165, 1.54) is 22.2 Å². The second-order valence-electron chi connectivity index (χ2n) is 6.01.